The lowest BCUT2D eigenvalue weighted by molar-refractivity contribution is 0.589. The second kappa shape index (κ2) is 6.84. The quantitative estimate of drug-likeness (QED) is 0.477. The van der Waals surface area contributed by atoms with E-state index < -0.39 is 10.0 Å². The van der Waals surface area contributed by atoms with Gasteiger partial charge in [0.1, 0.15) is 0 Å². The van der Waals surface area contributed by atoms with Crippen molar-refractivity contribution in [3.05, 3.63) is 90.1 Å². The third-order valence-electron chi connectivity index (χ3n) is 5.02. The van der Waals surface area contributed by atoms with Crippen LogP contribution < -0.4 is 4.90 Å². The van der Waals surface area contributed by atoms with Crippen molar-refractivity contribution >= 4 is 32.3 Å². The Balaban J connectivity index is 1.89. The molecule has 142 valence electrons. The smallest absolute Gasteiger partial charge is 0.268 e. The molecule has 0 saturated heterocycles. The van der Waals surface area contributed by atoms with Gasteiger partial charge < -0.3 is 4.90 Å². The van der Waals surface area contributed by atoms with Gasteiger partial charge in [0.25, 0.3) is 10.0 Å². The van der Waals surface area contributed by atoms with Gasteiger partial charge in [0.2, 0.25) is 0 Å². The summed E-state index contributed by atoms with van der Waals surface area (Å²) in [5.41, 5.74) is 4.71. The van der Waals surface area contributed by atoms with Crippen molar-refractivity contribution in [2.45, 2.75) is 18.7 Å². The molecule has 0 aliphatic carbocycles. The third kappa shape index (κ3) is 3.08. The van der Waals surface area contributed by atoms with Crippen molar-refractivity contribution in [3.8, 4) is 0 Å². The summed E-state index contributed by atoms with van der Waals surface area (Å²) >= 11 is 0. The van der Waals surface area contributed by atoms with Gasteiger partial charge in [-0.2, -0.15) is 0 Å². The molecular weight excluding hydrogens is 368 g/mol. The van der Waals surface area contributed by atoms with Crippen LogP contribution >= 0.6 is 0 Å². The first-order valence-corrected chi connectivity index (χ1v) is 10.5. The number of hydrogen-bond acceptors (Lipinski definition) is 3. The Morgan fingerprint density at radius 3 is 2.00 bits per heavy atom. The van der Waals surface area contributed by atoms with E-state index in [1.807, 2.05) is 86.5 Å². The summed E-state index contributed by atoms with van der Waals surface area (Å²) in [6.45, 7) is 3.99. The van der Waals surface area contributed by atoms with Crippen LogP contribution in [0.5, 0.6) is 0 Å². The van der Waals surface area contributed by atoms with Crippen LogP contribution in [0.25, 0.3) is 10.9 Å². The average molecular weight is 391 g/mol. The van der Waals surface area contributed by atoms with Crippen LogP contribution in [-0.4, -0.2) is 19.4 Å². The summed E-state index contributed by atoms with van der Waals surface area (Å²) in [6.07, 6.45) is 1.71. The predicted molar refractivity (Wildman–Crippen MR) is 115 cm³/mol. The highest BCUT2D eigenvalue weighted by molar-refractivity contribution is 7.90. The minimum atomic E-state index is -3.69. The normalized spacial score (nSPS) is 11.7. The van der Waals surface area contributed by atoms with Crippen LogP contribution in [0.3, 0.4) is 0 Å². The predicted octanol–water partition coefficient (Wildman–Crippen LogP) is 5.26. The topological polar surface area (TPSA) is 42.3 Å². The van der Waals surface area contributed by atoms with Crippen molar-refractivity contribution in [2.75, 3.05) is 11.9 Å². The molecule has 3 aromatic carbocycles. The number of benzene rings is 3. The maximum absolute atomic E-state index is 13.3. The number of para-hydroxylation sites is 1. The van der Waals surface area contributed by atoms with Crippen LogP contribution in [0.1, 0.15) is 11.1 Å². The molecule has 5 heteroatoms. The van der Waals surface area contributed by atoms with Crippen molar-refractivity contribution < 1.29 is 8.42 Å². The van der Waals surface area contributed by atoms with Gasteiger partial charge >= 0.3 is 0 Å². The fraction of sp³-hybridized carbons (Fsp3) is 0.130. The average Bonchev–Trinajstić information content (AvgIpc) is 3.09. The molecule has 0 amide bonds. The monoisotopic (exact) mass is 390 g/mol. The molecule has 0 bridgehead atoms. The summed E-state index contributed by atoms with van der Waals surface area (Å²) in [7, 11) is -1.74. The van der Waals surface area contributed by atoms with Crippen LogP contribution in [-0.2, 0) is 10.0 Å². The van der Waals surface area contributed by atoms with Crippen molar-refractivity contribution in [1.29, 1.82) is 0 Å². The van der Waals surface area contributed by atoms with E-state index in [0.29, 0.717) is 5.52 Å². The van der Waals surface area contributed by atoms with Crippen molar-refractivity contribution in [2.24, 2.45) is 0 Å². The molecule has 4 aromatic rings. The Hall–Kier alpha value is -3.05. The molecule has 0 aliphatic heterocycles. The van der Waals surface area contributed by atoms with Gasteiger partial charge in [0, 0.05) is 24.3 Å². The standard InChI is InChI=1S/C23H22N2O2S/c1-17-8-12-19(13-9-17)24(3)23-16-25(22-7-5-4-6-21(22)23)28(26,27)20-14-10-18(2)11-15-20/h4-16H,1-3H3. The lowest BCUT2D eigenvalue weighted by atomic mass is 10.2. The molecule has 1 heterocycles. The largest absolute Gasteiger partial charge is 0.343 e. The number of anilines is 2. The highest BCUT2D eigenvalue weighted by Gasteiger charge is 2.22. The fourth-order valence-corrected chi connectivity index (χ4v) is 4.69. The lowest BCUT2D eigenvalue weighted by Crippen LogP contribution is -2.12. The van der Waals surface area contributed by atoms with E-state index in [1.54, 1.807) is 18.3 Å². The van der Waals surface area contributed by atoms with Gasteiger partial charge in [-0.1, -0.05) is 53.6 Å². The Morgan fingerprint density at radius 1 is 0.786 bits per heavy atom. The number of aryl methyl sites for hydroxylation is 2. The first-order valence-electron chi connectivity index (χ1n) is 9.11. The molecule has 0 unspecified atom stereocenters. The highest BCUT2D eigenvalue weighted by Crippen LogP contribution is 2.35. The second-order valence-corrected chi connectivity index (χ2v) is 8.85. The molecule has 4 rings (SSSR count). The molecule has 0 N–H and O–H groups in total. The summed E-state index contributed by atoms with van der Waals surface area (Å²) in [5.74, 6) is 0. The van der Waals surface area contributed by atoms with Crippen LogP contribution in [0, 0.1) is 13.8 Å². The number of fused-ring (bicyclic) bond motifs is 1. The number of nitrogens with zero attached hydrogens (tertiary/aromatic N) is 2. The van der Waals surface area contributed by atoms with E-state index in [0.717, 1.165) is 22.3 Å². The van der Waals surface area contributed by atoms with Gasteiger partial charge in [-0.25, -0.2) is 12.4 Å². The van der Waals surface area contributed by atoms with Crippen LogP contribution in [0.15, 0.2) is 83.9 Å². The SMILES string of the molecule is Cc1ccc(N(C)c2cn(S(=O)(=O)c3ccc(C)cc3)c3ccccc23)cc1. The van der Waals surface area contributed by atoms with Gasteiger partial charge in [0.15, 0.2) is 0 Å². The zero-order chi connectivity index (χ0) is 19.9. The third-order valence-corrected chi connectivity index (χ3v) is 6.71. The summed E-state index contributed by atoms with van der Waals surface area (Å²) in [6, 6.07) is 22.7. The highest BCUT2D eigenvalue weighted by atomic mass is 32.2. The zero-order valence-electron chi connectivity index (χ0n) is 16.1. The van der Waals surface area contributed by atoms with Crippen molar-refractivity contribution in [1.82, 2.24) is 3.97 Å². The van der Waals surface area contributed by atoms with E-state index in [2.05, 4.69) is 0 Å². The van der Waals surface area contributed by atoms with E-state index >= 15 is 0 Å². The fourth-order valence-electron chi connectivity index (χ4n) is 3.33. The minimum Gasteiger partial charge on any atom is -0.343 e. The molecule has 0 aliphatic rings. The van der Waals surface area contributed by atoms with Crippen LogP contribution in [0.4, 0.5) is 11.4 Å². The Kier molecular flexibility index (Phi) is 4.47. The molecule has 0 spiro atoms. The lowest BCUT2D eigenvalue weighted by Gasteiger charge is -2.18. The van der Waals surface area contributed by atoms with Gasteiger partial charge in [-0.05, 0) is 44.2 Å². The molecule has 0 fully saturated rings. The van der Waals surface area contributed by atoms with E-state index in [4.69, 9.17) is 0 Å². The van der Waals surface area contributed by atoms with Crippen molar-refractivity contribution in [3.63, 3.8) is 0 Å². The van der Waals surface area contributed by atoms with E-state index in [-0.39, 0.29) is 4.90 Å². The Bertz CT molecular complexity index is 1240. The van der Waals surface area contributed by atoms with Gasteiger partial charge in [0.05, 0.1) is 16.1 Å². The summed E-state index contributed by atoms with van der Waals surface area (Å²) in [5, 5.41) is 0.890. The number of rotatable bonds is 4. The molecule has 0 atom stereocenters. The maximum Gasteiger partial charge on any atom is 0.268 e. The maximum atomic E-state index is 13.3. The molecule has 4 nitrogen and oxygen atoms in total. The van der Waals surface area contributed by atoms with Gasteiger partial charge in [-0.3, -0.25) is 0 Å². The molecule has 28 heavy (non-hydrogen) atoms. The Labute approximate surface area is 165 Å². The summed E-state index contributed by atoms with van der Waals surface area (Å²) in [4.78, 5) is 2.30. The molecular formula is C23H22N2O2S. The first-order chi connectivity index (χ1) is 13.4. The minimum absolute atomic E-state index is 0.281. The number of aromatic nitrogens is 1. The first kappa shape index (κ1) is 18.3. The summed E-state index contributed by atoms with van der Waals surface area (Å²) < 4.78 is 28.0. The van der Waals surface area contributed by atoms with E-state index in [1.165, 1.54) is 9.54 Å². The van der Waals surface area contributed by atoms with E-state index in [9.17, 15) is 8.42 Å². The molecule has 1 aromatic heterocycles. The molecule has 0 saturated carbocycles. The number of hydrogen-bond donors (Lipinski definition) is 0. The second-order valence-electron chi connectivity index (χ2n) is 7.04. The molecule has 0 radical (unpaired) electrons. The Morgan fingerprint density at radius 2 is 1.36 bits per heavy atom. The zero-order valence-corrected chi connectivity index (χ0v) is 16.9. The van der Waals surface area contributed by atoms with Crippen LogP contribution in [0.2, 0.25) is 0 Å². The van der Waals surface area contributed by atoms with Gasteiger partial charge in [-0.15, -0.1) is 0 Å².